The quantitative estimate of drug-likeness (QED) is 0.592. The molecule has 0 aliphatic carbocycles. The van der Waals surface area contributed by atoms with E-state index in [1.165, 1.54) is 12.1 Å². The minimum Gasteiger partial charge on any atom is -0.341 e. The van der Waals surface area contributed by atoms with Gasteiger partial charge >= 0.3 is 0 Å². The van der Waals surface area contributed by atoms with E-state index in [0.29, 0.717) is 24.6 Å². The number of hydrogen-bond acceptors (Lipinski definition) is 5. The molecule has 3 aromatic rings. The first-order valence-corrected chi connectivity index (χ1v) is 11.3. The fourth-order valence-electron chi connectivity index (χ4n) is 4.43. The number of anilines is 2. The fourth-order valence-corrected chi connectivity index (χ4v) is 4.43. The number of nitrogens with zero attached hydrogens (tertiary/aromatic N) is 4. The summed E-state index contributed by atoms with van der Waals surface area (Å²) < 4.78 is 13.8. The number of hydrogen-bond donors (Lipinski definition) is 1. The zero-order valence-electron chi connectivity index (χ0n) is 19.6. The Bertz CT molecular complexity index is 1130. The van der Waals surface area contributed by atoms with Gasteiger partial charge in [0.25, 0.3) is 0 Å². The van der Waals surface area contributed by atoms with Crippen LogP contribution in [0.2, 0.25) is 0 Å². The largest absolute Gasteiger partial charge is 0.341 e. The van der Waals surface area contributed by atoms with E-state index < -0.39 is 5.41 Å². The maximum absolute atomic E-state index is 13.8. The van der Waals surface area contributed by atoms with Crippen molar-refractivity contribution in [3.05, 3.63) is 77.1 Å². The highest BCUT2D eigenvalue weighted by Gasteiger charge is 2.36. The van der Waals surface area contributed by atoms with Crippen molar-refractivity contribution in [2.45, 2.75) is 51.9 Å². The highest BCUT2D eigenvalue weighted by molar-refractivity contribution is 5.87. The van der Waals surface area contributed by atoms with E-state index in [-0.39, 0.29) is 17.6 Å². The Morgan fingerprint density at radius 3 is 2.55 bits per heavy atom. The first-order valence-electron chi connectivity index (χ1n) is 11.3. The van der Waals surface area contributed by atoms with Gasteiger partial charge in [0.2, 0.25) is 11.9 Å². The van der Waals surface area contributed by atoms with Gasteiger partial charge in [0, 0.05) is 36.1 Å². The third-order valence-electron chi connectivity index (χ3n) is 6.23. The van der Waals surface area contributed by atoms with Gasteiger partial charge in [0.05, 0.1) is 17.3 Å². The fraction of sp³-hybridized carbons (Fsp3) is 0.385. The number of carbonyl (C=O) groups excluding carboxylic acids is 1. The number of likely N-dealkylation sites (tertiary alicyclic amines) is 1. The number of benzene rings is 1. The molecule has 1 amide bonds. The molecule has 1 aliphatic heterocycles. The molecule has 172 valence electrons. The monoisotopic (exact) mass is 447 g/mol. The van der Waals surface area contributed by atoms with Gasteiger partial charge in [-0.3, -0.25) is 9.78 Å². The summed E-state index contributed by atoms with van der Waals surface area (Å²) in [7, 11) is 0. The zero-order chi connectivity index (χ0) is 23.6. The van der Waals surface area contributed by atoms with Crippen LogP contribution in [0.15, 0.2) is 48.7 Å². The van der Waals surface area contributed by atoms with Gasteiger partial charge in [-0.2, -0.15) is 0 Å². The van der Waals surface area contributed by atoms with E-state index in [9.17, 15) is 9.18 Å². The molecule has 0 radical (unpaired) electrons. The predicted molar refractivity (Wildman–Crippen MR) is 127 cm³/mol. The summed E-state index contributed by atoms with van der Waals surface area (Å²) in [4.78, 5) is 28.8. The van der Waals surface area contributed by atoms with Crippen molar-refractivity contribution in [2.75, 3.05) is 18.4 Å². The number of nitrogens with one attached hydrogen (secondary N) is 1. The molecule has 3 heterocycles. The second kappa shape index (κ2) is 9.25. The Labute approximate surface area is 194 Å². The molecule has 1 atom stereocenters. The number of rotatable bonds is 5. The lowest BCUT2D eigenvalue weighted by Gasteiger charge is -2.37. The molecule has 7 heteroatoms. The molecule has 1 saturated heterocycles. The van der Waals surface area contributed by atoms with Crippen LogP contribution < -0.4 is 5.32 Å². The highest BCUT2D eigenvalue weighted by atomic mass is 19.1. The molecule has 0 saturated carbocycles. The van der Waals surface area contributed by atoms with Crippen LogP contribution in [0.1, 0.15) is 55.3 Å². The molecule has 0 bridgehead atoms. The summed E-state index contributed by atoms with van der Waals surface area (Å²) >= 11 is 0. The molecule has 0 unspecified atom stereocenters. The first kappa shape index (κ1) is 22.8. The van der Waals surface area contributed by atoms with Crippen LogP contribution >= 0.6 is 0 Å². The predicted octanol–water partition coefficient (Wildman–Crippen LogP) is 5.05. The Kier molecular flexibility index (Phi) is 6.40. The van der Waals surface area contributed by atoms with E-state index in [1.54, 1.807) is 12.3 Å². The maximum Gasteiger partial charge on any atom is 0.232 e. The second-order valence-corrected chi connectivity index (χ2v) is 9.30. The molecule has 1 N–H and O–H groups in total. The lowest BCUT2D eigenvalue weighted by Crippen LogP contribution is -2.47. The van der Waals surface area contributed by atoms with E-state index >= 15 is 0 Å². The second-order valence-electron chi connectivity index (χ2n) is 9.30. The van der Waals surface area contributed by atoms with Crippen LogP contribution in [0.5, 0.6) is 0 Å². The standard InChI is InChI=1S/C26H30FN5O/c1-17-13-18(2)30-25(29-17)31-22-10-11-23(28-15-22)19-7-6-12-32(16-19)24(33)26(3,4)20-8-5-9-21(27)14-20/h5,8-11,13-15,19H,6-7,12,16H2,1-4H3,(H,29,30,31)/t19-/m1/s1. The third-order valence-corrected chi connectivity index (χ3v) is 6.23. The van der Waals surface area contributed by atoms with E-state index in [0.717, 1.165) is 35.6 Å². The number of aryl methyl sites for hydroxylation is 2. The molecule has 1 fully saturated rings. The third kappa shape index (κ3) is 5.18. The van der Waals surface area contributed by atoms with Crippen molar-refractivity contribution in [2.24, 2.45) is 0 Å². The lowest BCUT2D eigenvalue weighted by molar-refractivity contribution is -0.137. The minimum absolute atomic E-state index is 0.0167. The van der Waals surface area contributed by atoms with Gasteiger partial charge in [-0.1, -0.05) is 12.1 Å². The van der Waals surface area contributed by atoms with Crippen LogP contribution in [0.3, 0.4) is 0 Å². The van der Waals surface area contributed by atoms with Crippen molar-refractivity contribution in [1.82, 2.24) is 19.9 Å². The number of halogens is 1. The molecule has 6 nitrogen and oxygen atoms in total. The molecule has 2 aromatic heterocycles. The molecular weight excluding hydrogens is 417 g/mol. The summed E-state index contributed by atoms with van der Waals surface area (Å²) in [5.41, 5.74) is 3.49. The molecule has 0 spiro atoms. The smallest absolute Gasteiger partial charge is 0.232 e. The Morgan fingerprint density at radius 2 is 1.88 bits per heavy atom. The average molecular weight is 448 g/mol. The van der Waals surface area contributed by atoms with Gasteiger partial charge in [-0.25, -0.2) is 14.4 Å². The van der Waals surface area contributed by atoms with Crippen molar-refractivity contribution >= 4 is 17.5 Å². The SMILES string of the molecule is Cc1cc(C)nc(Nc2ccc([C@@H]3CCCN(C(=O)C(C)(C)c4cccc(F)c4)C3)nc2)n1. The molecule has 33 heavy (non-hydrogen) atoms. The van der Waals surface area contributed by atoms with Gasteiger partial charge in [-0.15, -0.1) is 0 Å². The summed E-state index contributed by atoms with van der Waals surface area (Å²) in [5, 5.41) is 3.21. The Balaban J connectivity index is 1.45. The van der Waals surface area contributed by atoms with E-state index in [4.69, 9.17) is 0 Å². The normalized spacial score (nSPS) is 16.5. The summed E-state index contributed by atoms with van der Waals surface area (Å²) in [6, 6.07) is 12.2. The van der Waals surface area contributed by atoms with Crippen LogP contribution in [0.4, 0.5) is 16.0 Å². The molecule has 4 rings (SSSR count). The van der Waals surface area contributed by atoms with Gasteiger partial charge < -0.3 is 10.2 Å². The highest BCUT2D eigenvalue weighted by Crippen LogP contribution is 2.32. The maximum atomic E-state index is 13.8. The lowest BCUT2D eigenvalue weighted by atomic mass is 9.82. The van der Waals surface area contributed by atoms with E-state index in [1.807, 2.05) is 56.9 Å². The molecule has 1 aromatic carbocycles. The zero-order valence-corrected chi connectivity index (χ0v) is 19.6. The van der Waals surface area contributed by atoms with Gasteiger partial charge in [-0.05, 0) is 76.4 Å². The summed E-state index contributed by atoms with van der Waals surface area (Å²) in [6.07, 6.45) is 3.67. The summed E-state index contributed by atoms with van der Waals surface area (Å²) in [5.74, 6) is 0.408. The van der Waals surface area contributed by atoms with Crippen molar-refractivity contribution in [3.63, 3.8) is 0 Å². The van der Waals surface area contributed by atoms with Crippen LogP contribution in [-0.4, -0.2) is 38.8 Å². The summed E-state index contributed by atoms with van der Waals surface area (Å²) in [6.45, 7) is 8.91. The van der Waals surface area contributed by atoms with Gasteiger partial charge in [0.1, 0.15) is 5.82 Å². The topological polar surface area (TPSA) is 71.0 Å². The van der Waals surface area contributed by atoms with Crippen molar-refractivity contribution in [3.8, 4) is 0 Å². The molecule has 1 aliphatic rings. The average Bonchev–Trinajstić information content (AvgIpc) is 2.78. The van der Waals surface area contributed by atoms with Crippen molar-refractivity contribution in [1.29, 1.82) is 0 Å². The van der Waals surface area contributed by atoms with Gasteiger partial charge in [0.15, 0.2) is 0 Å². The Hall–Kier alpha value is -3.35. The number of aromatic nitrogens is 3. The van der Waals surface area contributed by atoms with Crippen LogP contribution in [-0.2, 0) is 10.2 Å². The minimum atomic E-state index is -0.795. The number of piperidine rings is 1. The van der Waals surface area contributed by atoms with Crippen LogP contribution in [0, 0.1) is 19.7 Å². The van der Waals surface area contributed by atoms with Crippen LogP contribution in [0.25, 0.3) is 0 Å². The first-order chi connectivity index (χ1) is 15.7. The van der Waals surface area contributed by atoms with Crippen molar-refractivity contribution < 1.29 is 9.18 Å². The van der Waals surface area contributed by atoms with E-state index in [2.05, 4.69) is 20.3 Å². The number of amides is 1. The number of pyridine rings is 1. The molecular formula is C26H30FN5O. The number of carbonyl (C=O) groups is 1. The Morgan fingerprint density at radius 1 is 1.12 bits per heavy atom.